The van der Waals surface area contributed by atoms with Crippen LogP contribution in [0.5, 0.6) is 0 Å². The van der Waals surface area contributed by atoms with Crippen LogP contribution in [0.25, 0.3) is 0 Å². The number of hydrogen-bond donors (Lipinski definition) is 2. The highest BCUT2D eigenvalue weighted by atomic mass is 16.5. The number of amides is 3. The predicted octanol–water partition coefficient (Wildman–Crippen LogP) is 1.62. The SMILES string of the molecule is CCC(C)C(C(CC)OC)N(C)C(=O)CNC(=O)C(C(C)C)N(C)CCCC(N)=O. The normalized spacial score (nSPS) is 15.5. The Bertz CT molecular complexity index is 537. The van der Waals surface area contributed by atoms with Gasteiger partial charge in [-0.15, -0.1) is 0 Å². The number of hydrogen-bond acceptors (Lipinski definition) is 5. The van der Waals surface area contributed by atoms with Crippen molar-refractivity contribution in [3.63, 3.8) is 0 Å². The third-order valence-electron chi connectivity index (χ3n) is 5.88. The third-order valence-corrected chi connectivity index (χ3v) is 5.88. The van der Waals surface area contributed by atoms with Gasteiger partial charge in [0.2, 0.25) is 17.7 Å². The summed E-state index contributed by atoms with van der Waals surface area (Å²) in [7, 11) is 5.30. The Morgan fingerprint density at radius 2 is 1.67 bits per heavy atom. The first kappa shape index (κ1) is 28.3. The topological polar surface area (TPSA) is 105 Å². The monoisotopic (exact) mass is 428 g/mol. The van der Waals surface area contributed by atoms with Gasteiger partial charge < -0.3 is 20.7 Å². The van der Waals surface area contributed by atoms with Crippen molar-refractivity contribution < 1.29 is 19.1 Å². The Labute approximate surface area is 182 Å². The molecule has 8 heteroatoms. The van der Waals surface area contributed by atoms with E-state index in [9.17, 15) is 14.4 Å². The van der Waals surface area contributed by atoms with E-state index in [1.807, 2.05) is 32.7 Å². The van der Waals surface area contributed by atoms with Crippen LogP contribution in [-0.2, 0) is 19.1 Å². The molecule has 0 saturated heterocycles. The van der Waals surface area contributed by atoms with Gasteiger partial charge in [0, 0.05) is 20.6 Å². The Balaban J connectivity index is 5.04. The lowest BCUT2D eigenvalue weighted by atomic mass is 9.91. The first-order valence-corrected chi connectivity index (χ1v) is 11.1. The Morgan fingerprint density at radius 1 is 1.07 bits per heavy atom. The molecule has 30 heavy (non-hydrogen) atoms. The van der Waals surface area contributed by atoms with Gasteiger partial charge in [0.25, 0.3) is 0 Å². The first-order valence-electron chi connectivity index (χ1n) is 11.1. The molecule has 0 radical (unpaired) electrons. The van der Waals surface area contributed by atoms with E-state index in [1.54, 1.807) is 19.1 Å². The molecule has 0 aromatic rings. The molecule has 0 aliphatic heterocycles. The van der Waals surface area contributed by atoms with Crippen molar-refractivity contribution in [3.8, 4) is 0 Å². The standard InChI is InChI=1S/C22H44N4O4/c1-9-16(5)21(17(10-2)30-8)26(7)19(28)14-24-22(29)20(15(3)4)25(6)13-11-12-18(23)27/h15-17,20-21H,9-14H2,1-8H3,(H2,23,27)(H,24,29). The highest BCUT2D eigenvalue weighted by Gasteiger charge is 2.32. The minimum atomic E-state index is -0.385. The van der Waals surface area contributed by atoms with E-state index in [2.05, 4.69) is 19.2 Å². The highest BCUT2D eigenvalue weighted by Crippen LogP contribution is 2.21. The second kappa shape index (κ2) is 14.4. The summed E-state index contributed by atoms with van der Waals surface area (Å²) in [5, 5.41) is 2.81. The predicted molar refractivity (Wildman–Crippen MR) is 120 cm³/mol. The van der Waals surface area contributed by atoms with Gasteiger partial charge in [-0.2, -0.15) is 0 Å². The first-order chi connectivity index (χ1) is 14.0. The molecule has 0 heterocycles. The van der Waals surface area contributed by atoms with Gasteiger partial charge in [0.15, 0.2) is 0 Å². The summed E-state index contributed by atoms with van der Waals surface area (Å²) in [5.74, 6) is -0.336. The zero-order valence-corrected chi connectivity index (χ0v) is 20.2. The summed E-state index contributed by atoms with van der Waals surface area (Å²) in [6, 6.07) is -0.435. The fourth-order valence-corrected chi connectivity index (χ4v) is 4.00. The van der Waals surface area contributed by atoms with Gasteiger partial charge in [-0.3, -0.25) is 19.3 Å². The van der Waals surface area contributed by atoms with Gasteiger partial charge in [-0.1, -0.05) is 41.0 Å². The Kier molecular flexibility index (Phi) is 13.6. The van der Waals surface area contributed by atoms with Crippen molar-refractivity contribution in [3.05, 3.63) is 0 Å². The van der Waals surface area contributed by atoms with Crippen molar-refractivity contribution in [2.45, 2.75) is 78.5 Å². The number of nitrogens with one attached hydrogen (secondary N) is 1. The van der Waals surface area contributed by atoms with Crippen LogP contribution in [0, 0.1) is 11.8 Å². The van der Waals surface area contributed by atoms with Gasteiger partial charge in [-0.05, 0) is 38.3 Å². The summed E-state index contributed by atoms with van der Waals surface area (Å²) in [6.07, 6.45) is 2.57. The fraction of sp³-hybridized carbons (Fsp3) is 0.864. The van der Waals surface area contributed by atoms with E-state index < -0.39 is 0 Å². The number of primary amides is 1. The molecule has 176 valence electrons. The lowest BCUT2D eigenvalue weighted by Gasteiger charge is -2.37. The number of nitrogens with zero attached hydrogens (tertiary/aromatic N) is 2. The molecular weight excluding hydrogens is 384 g/mol. The van der Waals surface area contributed by atoms with Crippen LogP contribution >= 0.6 is 0 Å². The minimum absolute atomic E-state index is 0.0493. The maximum atomic E-state index is 12.8. The number of methoxy groups -OCH3 is 1. The number of likely N-dealkylation sites (N-methyl/N-ethyl adjacent to an activating group) is 2. The van der Waals surface area contributed by atoms with E-state index in [0.29, 0.717) is 13.0 Å². The maximum Gasteiger partial charge on any atom is 0.242 e. The van der Waals surface area contributed by atoms with E-state index in [0.717, 1.165) is 12.8 Å². The molecule has 8 nitrogen and oxygen atoms in total. The average molecular weight is 429 g/mol. The molecule has 0 aromatic carbocycles. The number of carbonyl (C=O) groups excluding carboxylic acids is 3. The van der Waals surface area contributed by atoms with Crippen LogP contribution in [0.15, 0.2) is 0 Å². The number of ether oxygens (including phenoxy) is 1. The number of nitrogens with two attached hydrogens (primary N) is 1. The van der Waals surface area contributed by atoms with E-state index in [-0.39, 0.29) is 60.7 Å². The molecule has 3 N–H and O–H groups in total. The van der Waals surface area contributed by atoms with Crippen molar-refractivity contribution >= 4 is 17.7 Å². The molecule has 0 bridgehead atoms. The average Bonchev–Trinajstić information content (AvgIpc) is 2.68. The minimum Gasteiger partial charge on any atom is -0.379 e. The summed E-state index contributed by atoms with van der Waals surface area (Å²) in [6.45, 7) is 10.7. The number of carbonyl (C=O) groups is 3. The van der Waals surface area contributed by atoms with Crippen LogP contribution < -0.4 is 11.1 Å². The summed E-state index contributed by atoms with van der Waals surface area (Å²) < 4.78 is 5.62. The van der Waals surface area contributed by atoms with Crippen LogP contribution in [0.3, 0.4) is 0 Å². The second-order valence-corrected chi connectivity index (χ2v) is 8.52. The molecule has 0 aliphatic rings. The van der Waals surface area contributed by atoms with Crippen LogP contribution in [0.4, 0.5) is 0 Å². The molecule has 4 unspecified atom stereocenters. The van der Waals surface area contributed by atoms with Gasteiger partial charge in [0.1, 0.15) is 0 Å². The van der Waals surface area contributed by atoms with Gasteiger partial charge in [-0.25, -0.2) is 0 Å². The van der Waals surface area contributed by atoms with Gasteiger partial charge >= 0.3 is 0 Å². The molecule has 0 aliphatic carbocycles. The molecular formula is C22H44N4O4. The largest absolute Gasteiger partial charge is 0.379 e. The lowest BCUT2D eigenvalue weighted by molar-refractivity contribution is -0.138. The molecule has 4 atom stereocenters. The summed E-state index contributed by atoms with van der Waals surface area (Å²) in [4.78, 5) is 40.2. The van der Waals surface area contributed by atoms with Crippen LogP contribution in [0.1, 0.15) is 60.3 Å². The summed E-state index contributed by atoms with van der Waals surface area (Å²) >= 11 is 0. The van der Waals surface area contributed by atoms with Crippen molar-refractivity contribution in [2.75, 3.05) is 34.3 Å². The molecule has 0 aromatic heterocycles. The molecule has 0 saturated carbocycles. The smallest absolute Gasteiger partial charge is 0.242 e. The quantitative estimate of drug-likeness (QED) is 0.412. The molecule has 0 spiro atoms. The van der Waals surface area contributed by atoms with E-state index in [1.165, 1.54) is 0 Å². The zero-order valence-electron chi connectivity index (χ0n) is 20.2. The zero-order chi connectivity index (χ0) is 23.4. The third kappa shape index (κ3) is 9.00. The van der Waals surface area contributed by atoms with Crippen molar-refractivity contribution in [1.82, 2.24) is 15.1 Å². The highest BCUT2D eigenvalue weighted by molar-refractivity contribution is 5.87. The van der Waals surface area contributed by atoms with E-state index in [4.69, 9.17) is 10.5 Å². The molecule has 0 rings (SSSR count). The Morgan fingerprint density at radius 3 is 2.10 bits per heavy atom. The van der Waals surface area contributed by atoms with Crippen molar-refractivity contribution in [2.24, 2.45) is 17.6 Å². The van der Waals surface area contributed by atoms with Crippen molar-refractivity contribution in [1.29, 1.82) is 0 Å². The van der Waals surface area contributed by atoms with Crippen LogP contribution in [0.2, 0.25) is 0 Å². The lowest BCUT2D eigenvalue weighted by Crippen LogP contribution is -2.54. The van der Waals surface area contributed by atoms with E-state index >= 15 is 0 Å². The second-order valence-electron chi connectivity index (χ2n) is 8.52. The maximum absolute atomic E-state index is 12.8. The van der Waals surface area contributed by atoms with Crippen LogP contribution in [-0.4, -0.2) is 80.0 Å². The molecule has 3 amide bonds. The molecule has 0 fully saturated rings. The number of rotatable bonds is 15. The fourth-order valence-electron chi connectivity index (χ4n) is 4.00. The van der Waals surface area contributed by atoms with Gasteiger partial charge in [0.05, 0.1) is 24.7 Å². The Hall–Kier alpha value is -1.67. The summed E-state index contributed by atoms with van der Waals surface area (Å²) in [5.41, 5.74) is 5.19.